The van der Waals surface area contributed by atoms with Crippen LogP contribution in [0.3, 0.4) is 0 Å². The van der Waals surface area contributed by atoms with Gasteiger partial charge in [0.05, 0.1) is 5.69 Å². The van der Waals surface area contributed by atoms with Gasteiger partial charge in [-0.05, 0) is 46.3 Å². The molecule has 0 saturated heterocycles. The van der Waals surface area contributed by atoms with Crippen molar-refractivity contribution < 1.29 is 9.90 Å². The van der Waals surface area contributed by atoms with Crippen LogP contribution in [0, 0.1) is 0 Å². The molecule has 0 bridgehead atoms. The van der Waals surface area contributed by atoms with Gasteiger partial charge in [-0.15, -0.1) is 0 Å². The van der Waals surface area contributed by atoms with Crippen LogP contribution in [0.25, 0.3) is 16.7 Å². The molecule has 1 N–H and O–H groups in total. The zero-order valence-electron chi connectivity index (χ0n) is 9.92. The van der Waals surface area contributed by atoms with Crippen molar-refractivity contribution in [3.63, 3.8) is 0 Å². The second kappa shape index (κ2) is 4.99. The van der Waals surface area contributed by atoms with Crippen molar-refractivity contribution in [2.75, 3.05) is 0 Å². The topological polar surface area (TPSA) is 68.0 Å². The Kier molecular flexibility index (Phi) is 3.31. The number of carboxylic acids is 1. The Balaban J connectivity index is 2.35. The number of fused-ring (bicyclic) bond motifs is 1. The number of halogens is 2. The third kappa shape index (κ3) is 2.12. The zero-order valence-corrected chi connectivity index (χ0v) is 13.1. The number of carboxylic acid groups (broad SMARTS) is 1. The number of pyridine rings is 1. The highest BCUT2D eigenvalue weighted by molar-refractivity contribution is 9.11. The standard InChI is InChI=1S/C13H7Br2N3O2/c14-7-1-3-8(4-2-7)18-12(13(19)20)11-10(17-18)9(15)5-6-16-11/h1-6H,(H,19,20). The van der Waals surface area contributed by atoms with Crippen molar-refractivity contribution in [2.45, 2.75) is 0 Å². The van der Waals surface area contributed by atoms with Gasteiger partial charge in [0.1, 0.15) is 11.0 Å². The molecule has 0 aliphatic carbocycles. The molecule has 2 heterocycles. The van der Waals surface area contributed by atoms with E-state index in [2.05, 4.69) is 41.9 Å². The Bertz CT molecular complexity index is 812. The number of nitrogens with zero attached hydrogens (tertiary/aromatic N) is 3. The van der Waals surface area contributed by atoms with Gasteiger partial charge >= 0.3 is 5.97 Å². The highest BCUT2D eigenvalue weighted by Crippen LogP contribution is 2.26. The van der Waals surface area contributed by atoms with Crippen LogP contribution in [0.15, 0.2) is 45.5 Å². The first-order chi connectivity index (χ1) is 9.58. The summed E-state index contributed by atoms with van der Waals surface area (Å²) in [5.41, 5.74) is 1.58. The molecule has 0 unspecified atom stereocenters. The fraction of sp³-hybridized carbons (Fsp3) is 0. The Morgan fingerprint density at radius 1 is 1.10 bits per heavy atom. The Labute approximate surface area is 130 Å². The quantitative estimate of drug-likeness (QED) is 0.717. The van der Waals surface area contributed by atoms with E-state index in [1.165, 1.54) is 4.68 Å². The monoisotopic (exact) mass is 395 g/mol. The van der Waals surface area contributed by atoms with Gasteiger partial charge in [0.2, 0.25) is 0 Å². The molecule has 0 aliphatic heterocycles. The number of hydrogen-bond donors (Lipinski definition) is 1. The van der Waals surface area contributed by atoms with Crippen LogP contribution in [0.5, 0.6) is 0 Å². The Morgan fingerprint density at radius 2 is 1.80 bits per heavy atom. The summed E-state index contributed by atoms with van der Waals surface area (Å²) in [5, 5.41) is 13.8. The van der Waals surface area contributed by atoms with Gasteiger partial charge in [-0.25, -0.2) is 9.48 Å². The molecule has 5 nitrogen and oxygen atoms in total. The molecule has 2 aromatic heterocycles. The van der Waals surface area contributed by atoms with Crippen LogP contribution >= 0.6 is 31.9 Å². The van der Waals surface area contributed by atoms with Crippen LogP contribution < -0.4 is 0 Å². The molecule has 3 rings (SSSR count). The lowest BCUT2D eigenvalue weighted by Crippen LogP contribution is -2.08. The average Bonchev–Trinajstić information content (AvgIpc) is 2.80. The minimum Gasteiger partial charge on any atom is -0.476 e. The average molecular weight is 397 g/mol. The van der Waals surface area contributed by atoms with Crippen LogP contribution in [0.2, 0.25) is 0 Å². The van der Waals surface area contributed by atoms with E-state index >= 15 is 0 Å². The first-order valence-electron chi connectivity index (χ1n) is 5.60. The van der Waals surface area contributed by atoms with Gasteiger partial charge < -0.3 is 5.11 Å². The summed E-state index contributed by atoms with van der Waals surface area (Å²) in [5.74, 6) is -1.07. The van der Waals surface area contributed by atoms with E-state index in [-0.39, 0.29) is 5.69 Å². The molecule has 0 aliphatic rings. The van der Waals surface area contributed by atoms with E-state index in [0.717, 1.165) is 4.47 Å². The maximum Gasteiger partial charge on any atom is 0.356 e. The molecule has 0 radical (unpaired) electrons. The maximum atomic E-state index is 11.5. The van der Waals surface area contributed by atoms with E-state index < -0.39 is 5.97 Å². The summed E-state index contributed by atoms with van der Waals surface area (Å²) < 4.78 is 3.01. The molecule has 1 aromatic carbocycles. The lowest BCUT2D eigenvalue weighted by molar-refractivity contribution is 0.0689. The minimum atomic E-state index is -1.07. The molecule has 7 heteroatoms. The molecule has 3 aromatic rings. The summed E-state index contributed by atoms with van der Waals surface area (Å²) in [6, 6.07) is 8.96. The van der Waals surface area contributed by atoms with Gasteiger partial charge in [0.15, 0.2) is 5.69 Å². The Hall–Kier alpha value is -1.73. The van der Waals surface area contributed by atoms with Crippen LogP contribution in [-0.4, -0.2) is 25.8 Å². The molecule has 100 valence electrons. The van der Waals surface area contributed by atoms with Crippen LogP contribution in [0.1, 0.15) is 10.5 Å². The second-order valence-electron chi connectivity index (χ2n) is 4.03. The van der Waals surface area contributed by atoms with Crippen molar-refractivity contribution >= 4 is 48.9 Å². The largest absolute Gasteiger partial charge is 0.476 e. The Morgan fingerprint density at radius 3 is 2.45 bits per heavy atom. The highest BCUT2D eigenvalue weighted by atomic mass is 79.9. The van der Waals surface area contributed by atoms with Gasteiger partial charge in [-0.2, -0.15) is 5.10 Å². The van der Waals surface area contributed by atoms with Crippen molar-refractivity contribution in [1.82, 2.24) is 14.8 Å². The highest BCUT2D eigenvalue weighted by Gasteiger charge is 2.21. The van der Waals surface area contributed by atoms with E-state index in [1.807, 2.05) is 12.1 Å². The number of benzene rings is 1. The fourth-order valence-corrected chi connectivity index (χ4v) is 2.56. The second-order valence-corrected chi connectivity index (χ2v) is 5.80. The van der Waals surface area contributed by atoms with Crippen molar-refractivity contribution in [1.29, 1.82) is 0 Å². The van der Waals surface area contributed by atoms with E-state index in [0.29, 0.717) is 21.2 Å². The molecule has 0 fully saturated rings. The maximum absolute atomic E-state index is 11.5. The number of hydrogen-bond acceptors (Lipinski definition) is 3. The third-order valence-corrected chi connectivity index (χ3v) is 3.95. The first kappa shape index (κ1) is 13.3. The lowest BCUT2D eigenvalue weighted by atomic mass is 10.3. The summed E-state index contributed by atoms with van der Waals surface area (Å²) in [6.45, 7) is 0. The normalized spacial score (nSPS) is 10.9. The molecular weight excluding hydrogens is 390 g/mol. The number of rotatable bonds is 2. The molecule has 20 heavy (non-hydrogen) atoms. The summed E-state index contributed by atoms with van der Waals surface area (Å²) in [7, 11) is 0. The molecular formula is C13H7Br2N3O2. The predicted molar refractivity (Wildman–Crippen MR) is 81.2 cm³/mol. The van der Waals surface area contributed by atoms with E-state index in [4.69, 9.17) is 0 Å². The van der Waals surface area contributed by atoms with Gasteiger partial charge in [-0.1, -0.05) is 15.9 Å². The van der Waals surface area contributed by atoms with Crippen molar-refractivity contribution in [3.8, 4) is 5.69 Å². The zero-order chi connectivity index (χ0) is 14.3. The summed E-state index contributed by atoms with van der Waals surface area (Å²) in [6.07, 6.45) is 1.55. The van der Waals surface area contributed by atoms with Crippen LogP contribution in [0.4, 0.5) is 0 Å². The summed E-state index contributed by atoms with van der Waals surface area (Å²) in [4.78, 5) is 15.6. The molecule has 0 saturated carbocycles. The number of aromatic nitrogens is 3. The predicted octanol–water partition coefficient (Wildman–Crippen LogP) is 3.64. The SMILES string of the molecule is O=C(O)c1c2nccc(Br)c2nn1-c1ccc(Br)cc1. The molecule has 0 amide bonds. The summed E-state index contributed by atoms with van der Waals surface area (Å²) >= 11 is 6.71. The fourth-order valence-electron chi connectivity index (χ4n) is 1.91. The van der Waals surface area contributed by atoms with Gasteiger partial charge in [-0.3, -0.25) is 4.98 Å². The van der Waals surface area contributed by atoms with Gasteiger partial charge in [0.25, 0.3) is 0 Å². The van der Waals surface area contributed by atoms with E-state index in [1.54, 1.807) is 24.4 Å². The smallest absolute Gasteiger partial charge is 0.356 e. The van der Waals surface area contributed by atoms with Crippen molar-refractivity contribution in [3.05, 3.63) is 51.2 Å². The van der Waals surface area contributed by atoms with Crippen LogP contribution in [-0.2, 0) is 0 Å². The lowest BCUT2D eigenvalue weighted by Gasteiger charge is -2.03. The van der Waals surface area contributed by atoms with Gasteiger partial charge in [0, 0.05) is 15.1 Å². The number of aromatic carboxylic acids is 1. The number of carbonyl (C=O) groups is 1. The minimum absolute atomic E-state index is 0.0450. The molecule has 0 spiro atoms. The van der Waals surface area contributed by atoms with E-state index in [9.17, 15) is 9.90 Å². The molecule has 0 atom stereocenters. The first-order valence-corrected chi connectivity index (χ1v) is 7.19. The third-order valence-electron chi connectivity index (χ3n) is 2.78. The van der Waals surface area contributed by atoms with Crippen molar-refractivity contribution in [2.24, 2.45) is 0 Å².